The molecule has 0 bridgehead atoms. The fourth-order valence-corrected chi connectivity index (χ4v) is 5.82. The summed E-state index contributed by atoms with van der Waals surface area (Å²) in [4.78, 5) is 29.0. The SMILES string of the molecule is COc1cc2c(cc1Nc1ncnc3sc4c(c13)CCC(C(=O)N(C)CC(F)F)C4)C=NC2. The van der Waals surface area contributed by atoms with E-state index >= 15 is 0 Å². The van der Waals surface area contributed by atoms with E-state index in [2.05, 4.69) is 20.3 Å². The summed E-state index contributed by atoms with van der Waals surface area (Å²) in [5, 5.41) is 4.36. The number of benzene rings is 1. The van der Waals surface area contributed by atoms with Crippen molar-refractivity contribution in [3.05, 3.63) is 40.0 Å². The fraction of sp³-hybridized carbons (Fsp3) is 0.391. The zero-order valence-corrected chi connectivity index (χ0v) is 19.1. The molecule has 1 N–H and O–H groups in total. The highest BCUT2D eigenvalue weighted by atomic mass is 32.1. The topological polar surface area (TPSA) is 79.7 Å². The summed E-state index contributed by atoms with van der Waals surface area (Å²) >= 11 is 1.54. The van der Waals surface area contributed by atoms with E-state index in [0.717, 1.165) is 42.4 Å². The van der Waals surface area contributed by atoms with Gasteiger partial charge in [-0.1, -0.05) is 0 Å². The number of fused-ring (bicyclic) bond motifs is 4. The van der Waals surface area contributed by atoms with Gasteiger partial charge in [0.2, 0.25) is 5.91 Å². The highest BCUT2D eigenvalue weighted by Crippen LogP contribution is 2.42. The van der Waals surface area contributed by atoms with Crippen LogP contribution in [0.3, 0.4) is 0 Å². The highest BCUT2D eigenvalue weighted by molar-refractivity contribution is 7.19. The number of anilines is 2. The number of rotatable bonds is 6. The maximum Gasteiger partial charge on any atom is 0.255 e. The second-order valence-corrected chi connectivity index (χ2v) is 9.39. The Hall–Kier alpha value is -3.14. The minimum Gasteiger partial charge on any atom is -0.495 e. The molecule has 0 fully saturated rings. The van der Waals surface area contributed by atoms with E-state index in [0.29, 0.717) is 37.4 Å². The Morgan fingerprint density at radius 1 is 1.36 bits per heavy atom. The molecule has 0 radical (unpaired) electrons. The number of halogens is 2. The van der Waals surface area contributed by atoms with Crippen molar-refractivity contribution in [3.63, 3.8) is 0 Å². The third kappa shape index (κ3) is 4.03. The number of thiophene rings is 1. The molecule has 1 amide bonds. The highest BCUT2D eigenvalue weighted by Gasteiger charge is 2.31. The van der Waals surface area contributed by atoms with Crippen LogP contribution in [0, 0.1) is 5.92 Å². The summed E-state index contributed by atoms with van der Waals surface area (Å²) < 4.78 is 31.0. The molecule has 172 valence electrons. The molecule has 33 heavy (non-hydrogen) atoms. The molecular formula is C23H23F2N5O2S. The summed E-state index contributed by atoms with van der Waals surface area (Å²) in [6.07, 6.45) is 2.65. The number of aliphatic imine (C=N–C) groups is 1. The van der Waals surface area contributed by atoms with Crippen LogP contribution in [0.2, 0.25) is 0 Å². The first-order chi connectivity index (χ1) is 15.9. The number of alkyl halides is 2. The molecule has 1 atom stereocenters. The molecule has 0 saturated heterocycles. The van der Waals surface area contributed by atoms with Crippen LogP contribution in [0.1, 0.15) is 28.0 Å². The fourth-order valence-electron chi connectivity index (χ4n) is 4.56. The van der Waals surface area contributed by atoms with Crippen LogP contribution >= 0.6 is 11.3 Å². The third-order valence-electron chi connectivity index (χ3n) is 6.19. The molecule has 10 heteroatoms. The Balaban J connectivity index is 1.45. The summed E-state index contributed by atoms with van der Waals surface area (Å²) in [7, 11) is 3.07. The standard InChI is InChI=1S/C23H23F2N5O2S/c1-30(10-19(24)25)23(31)12-3-4-15-18(7-12)33-22-20(15)21(27-11-28-22)29-16-5-13-8-26-9-14(13)6-17(16)32-2/h5-6,8,11-12,19H,3-4,7,9-10H2,1-2H3,(H,27,28,29). The van der Waals surface area contributed by atoms with E-state index in [9.17, 15) is 13.6 Å². The predicted octanol–water partition coefficient (Wildman–Crippen LogP) is 4.20. The van der Waals surface area contributed by atoms with Gasteiger partial charge in [0.1, 0.15) is 22.7 Å². The number of carbonyl (C=O) groups excluding carboxylic acids is 1. The lowest BCUT2D eigenvalue weighted by atomic mass is 9.87. The van der Waals surface area contributed by atoms with Gasteiger partial charge >= 0.3 is 0 Å². The smallest absolute Gasteiger partial charge is 0.255 e. The minimum atomic E-state index is -2.53. The molecule has 2 aliphatic rings. The quantitative estimate of drug-likeness (QED) is 0.583. The van der Waals surface area contributed by atoms with Gasteiger partial charge in [-0.25, -0.2) is 18.7 Å². The molecule has 7 nitrogen and oxygen atoms in total. The molecule has 1 aliphatic carbocycles. The number of nitrogens with zero attached hydrogens (tertiary/aromatic N) is 4. The first kappa shape index (κ1) is 21.7. The molecule has 1 aromatic carbocycles. The number of amides is 1. The van der Waals surface area contributed by atoms with Crippen molar-refractivity contribution in [3.8, 4) is 5.75 Å². The van der Waals surface area contributed by atoms with E-state index in [1.165, 1.54) is 24.7 Å². The monoisotopic (exact) mass is 471 g/mol. The van der Waals surface area contributed by atoms with Gasteiger partial charge < -0.3 is 15.0 Å². The molecular weight excluding hydrogens is 448 g/mol. The van der Waals surface area contributed by atoms with E-state index in [1.807, 2.05) is 18.3 Å². The number of aryl methyl sites for hydroxylation is 1. The number of ether oxygens (including phenoxy) is 1. The average molecular weight is 472 g/mol. The van der Waals surface area contributed by atoms with Gasteiger partial charge in [-0.2, -0.15) is 0 Å². The van der Waals surface area contributed by atoms with Crippen molar-refractivity contribution in [2.75, 3.05) is 26.0 Å². The zero-order chi connectivity index (χ0) is 23.1. The molecule has 3 aromatic rings. The van der Waals surface area contributed by atoms with Gasteiger partial charge in [-0.3, -0.25) is 9.79 Å². The van der Waals surface area contributed by atoms with Gasteiger partial charge in [-0.15, -0.1) is 11.3 Å². The molecule has 1 aliphatic heterocycles. The Bertz CT molecular complexity index is 1260. The lowest BCUT2D eigenvalue weighted by Gasteiger charge is -2.26. The number of hydrogen-bond donors (Lipinski definition) is 1. The zero-order valence-electron chi connectivity index (χ0n) is 18.3. The van der Waals surface area contributed by atoms with Crippen LogP contribution in [0.4, 0.5) is 20.3 Å². The van der Waals surface area contributed by atoms with Crippen molar-refractivity contribution in [1.82, 2.24) is 14.9 Å². The Kier molecular flexibility index (Phi) is 5.69. The summed E-state index contributed by atoms with van der Waals surface area (Å²) in [6, 6.07) is 3.99. The van der Waals surface area contributed by atoms with Crippen molar-refractivity contribution < 1.29 is 18.3 Å². The van der Waals surface area contributed by atoms with E-state index < -0.39 is 13.0 Å². The van der Waals surface area contributed by atoms with Crippen LogP contribution in [-0.4, -0.2) is 54.1 Å². The minimum absolute atomic E-state index is 0.229. The number of hydrogen-bond acceptors (Lipinski definition) is 7. The van der Waals surface area contributed by atoms with E-state index in [4.69, 9.17) is 4.74 Å². The van der Waals surface area contributed by atoms with Crippen molar-refractivity contribution in [1.29, 1.82) is 0 Å². The Morgan fingerprint density at radius 3 is 3.00 bits per heavy atom. The van der Waals surface area contributed by atoms with Crippen LogP contribution in [-0.2, 0) is 24.2 Å². The maximum atomic E-state index is 12.7. The Morgan fingerprint density at radius 2 is 2.21 bits per heavy atom. The second kappa shape index (κ2) is 8.66. The van der Waals surface area contributed by atoms with Crippen LogP contribution in [0.5, 0.6) is 5.75 Å². The number of aromatic nitrogens is 2. The van der Waals surface area contributed by atoms with E-state index in [-0.39, 0.29) is 11.8 Å². The first-order valence-corrected chi connectivity index (χ1v) is 11.5. The molecule has 5 rings (SSSR count). The lowest BCUT2D eigenvalue weighted by Crippen LogP contribution is -2.38. The molecule has 3 heterocycles. The normalized spacial score (nSPS) is 16.7. The maximum absolute atomic E-state index is 12.7. The first-order valence-electron chi connectivity index (χ1n) is 10.7. The van der Waals surface area contributed by atoms with Gasteiger partial charge in [-0.05, 0) is 48.1 Å². The molecule has 0 saturated carbocycles. The molecule has 0 spiro atoms. The summed E-state index contributed by atoms with van der Waals surface area (Å²) in [6.45, 7) is 0.107. The van der Waals surface area contributed by atoms with E-state index in [1.54, 1.807) is 7.11 Å². The van der Waals surface area contributed by atoms with Gasteiger partial charge in [0, 0.05) is 24.1 Å². The lowest BCUT2D eigenvalue weighted by molar-refractivity contribution is -0.136. The van der Waals surface area contributed by atoms with Crippen molar-refractivity contribution in [2.24, 2.45) is 10.9 Å². The summed E-state index contributed by atoms with van der Waals surface area (Å²) in [5.41, 5.74) is 4.08. The predicted molar refractivity (Wildman–Crippen MR) is 124 cm³/mol. The van der Waals surface area contributed by atoms with Gasteiger partial charge in [0.25, 0.3) is 6.43 Å². The van der Waals surface area contributed by atoms with Gasteiger partial charge in [0.05, 0.1) is 31.3 Å². The van der Waals surface area contributed by atoms with Crippen LogP contribution in [0.15, 0.2) is 23.5 Å². The average Bonchev–Trinajstić information content (AvgIpc) is 3.41. The second-order valence-electron chi connectivity index (χ2n) is 8.30. The van der Waals surface area contributed by atoms with Crippen molar-refractivity contribution >= 4 is 45.2 Å². The van der Waals surface area contributed by atoms with Crippen molar-refractivity contribution in [2.45, 2.75) is 32.2 Å². The molecule has 2 aromatic heterocycles. The third-order valence-corrected chi connectivity index (χ3v) is 7.35. The van der Waals surface area contributed by atoms with Crippen LogP contribution in [0.25, 0.3) is 10.2 Å². The molecule has 1 unspecified atom stereocenters. The van der Waals surface area contributed by atoms with Crippen LogP contribution < -0.4 is 10.1 Å². The van der Waals surface area contributed by atoms with Gasteiger partial charge in [0.15, 0.2) is 0 Å². The largest absolute Gasteiger partial charge is 0.495 e. The number of methoxy groups -OCH3 is 1. The number of carbonyl (C=O) groups is 1. The summed E-state index contributed by atoms with van der Waals surface area (Å²) in [5.74, 6) is 0.871. The number of nitrogens with one attached hydrogen (secondary N) is 1. The Labute approximate surface area is 193 Å².